The lowest BCUT2D eigenvalue weighted by atomic mass is 10.1. The number of nitrogen functional groups attached to an aromatic ring is 1. The lowest BCUT2D eigenvalue weighted by Gasteiger charge is -2.13. The van der Waals surface area contributed by atoms with Crippen molar-refractivity contribution >= 4 is 33.0 Å². The van der Waals surface area contributed by atoms with Crippen molar-refractivity contribution in [2.75, 3.05) is 11.1 Å². The Morgan fingerprint density at radius 2 is 1.82 bits per heavy atom. The molecular weight excluding hydrogens is 276 g/mol. The molecule has 0 aliphatic rings. The zero-order chi connectivity index (χ0) is 12.4. The maximum absolute atomic E-state index is 5.96. The van der Waals surface area contributed by atoms with Gasteiger partial charge in [-0.3, -0.25) is 0 Å². The quantitative estimate of drug-likeness (QED) is 0.805. The number of nitrogens with two attached hydrogens (primary N) is 1. The van der Waals surface area contributed by atoms with E-state index in [1.54, 1.807) is 0 Å². The highest BCUT2D eigenvalue weighted by atomic mass is 79.9. The molecule has 88 valence electrons. The van der Waals surface area contributed by atoms with Crippen LogP contribution in [-0.2, 0) is 0 Å². The van der Waals surface area contributed by atoms with Gasteiger partial charge in [-0.2, -0.15) is 0 Å². The third-order valence-electron chi connectivity index (χ3n) is 2.75. The molecule has 0 radical (unpaired) electrons. The zero-order valence-corrected chi connectivity index (χ0v) is 11.5. The first-order chi connectivity index (χ1) is 8.08. The standard InChI is InChI=1S/C14H15BrN2/c1-9-6-7-11(8-12(9)15)17-14-10(2)4-3-5-13(14)16/h3-8,17H,16H2,1-2H3. The summed E-state index contributed by atoms with van der Waals surface area (Å²) in [6.45, 7) is 4.11. The van der Waals surface area contributed by atoms with E-state index in [0.29, 0.717) is 0 Å². The Hall–Kier alpha value is -1.48. The fraction of sp³-hybridized carbons (Fsp3) is 0.143. The van der Waals surface area contributed by atoms with E-state index < -0.39 is 0 Å². The van der Waals surface area contributed by atoms with Crippen LogP contribution in [0.4, 0.5) is 17.1 Å². The third-order valence-corrected chi connectivity index (χ3v) is 3.60. The minimum absolute atomic E-state index is 0.765. The largest absolute Gasteiger partial charge is 0.397 e. The molecule has 2 nitrogen and oxygen atoms in total. The Labute approximate surface area is 110 Å². The van der Waals surface area contributed by atoms with E-state index in [2.05, 4.69) is 40.3 Å². The van der Waals surface area contributed by atoms with Gasteiger partial charge in [0.25, 0.3) is 0 Å². The van der Waals surface area contributed by atoms with Crippen LogP contribution in [0.1, 0.15) is 11.1 Å². The molecule has 0 spiro atoms. The topological polar surface area (TPSA) is 38.0 Å². The maximum atomic E-state index is 5.96. The van der Waals surface area contributed by atoms with E-state index in [0.717, 1.165) is 27.1 Å². The molecule has 2 aromatic rings. The van der Waals surface area contributed by atoms with Crippen LogP contribution in [0, 0.1) is 13.8 Å². The first-order valence-corrected chi connectivity index (χ1v) is 6.25. The highest BCUT2D eigenvalue weighted by Crippen LogP contribution is 2.28. The number of rotatable bonds is 2. The average molecular weight is 291 g/mol. The Bertz CT molecular complexity index is 530. The summed E-state index contributed by atoms with van der Waals surface area (Å²) in [6.07, 6.45) is 0. The van der Waals surface area contributed by atoms with Crippen molar-refractivity contribution in [2.24, 2.45) is 0 Å². The molecule has 0 aliphatic heterocycles. The summed E-state index contributed by atoms with van der Waals surface area (Å²) in [5.41, 5.74) is 11.1. The second-order valence-electron chi connectivity index (χ2n) is 4.13. The van der Waals surface area contributed by atoms with Gasteiger partial charge in [0.2, 0.25) is 0 Å². The van der Waals surface area contributed by atoms with Crippen LogP contribution in [0.25, 0.3) is 0 Å². The summed E-state index contributed by atoms with van der Waals surface area (Å²) >= 11 is 3.53. The van der Waals surface area contributed by atoms with Gasteiger partial charge in [-0.1, -0.05) is 34.1 Å². The van der Waals surface area contributed by atoms with Gasteiger partial charge in [-0.05, 0) is 43.2 Å². The molecule has 0 bridgehead atoms. The van der Waals surface area contributed by atoms with Crippen LogP contribution >= 0.6 is 15.9 Å². The smallest absolute Gasteiger partial charge is 0.0647 e. The van der Waals surface area contributed by atoms with Crippen LogP contribution in [0.5, 0.6) is 0 Å². The van der Waals surface area contributed by atoms with Crippen molar-refractivity contribution in [1.29, 1.82) is 0 Å². The van der Waals surface area contributed by atoms with Gasteiger partial charge in [0, 0.05) is 10.2 Å². The van der Waals surface area contributed by atoms with E-state index in [9.17, 15) is 0 Å². The molecule has 0 saturated carbocycles. The fourth-order valence-corrected chi connectivity index (χ4v) is 2.05. The predicted molar refractivity (Wildman–Crippen MR) is 77.8 cm³/mol. The molecule has 0 atom stereocenters. The van der Waals surface area contributed by atoms with Gasteiger partial charge in [0.15, 0.2) is 0 Å². The summed E-state index contributed by atoms with van der Waals surface area (Å²) < 4.78 is 1.09. The Morgan fingerprint density at radius 3 is 2.47 bits per heavy atom. The molecule has 3 N–H and O–H groups in total. The van der Waals surface area contributed by atoms with E-state index in [1.807, 2.05) is 31.2 Å². The summed E-state index contributed by atoms with van der Waals surface area (Å²) in [5, 5.41) is 3.35. The molecule has 2 aromatic carbocycles. The molecule has 0 amide bonds. The normalized spacial score (nSPS) is 10.3. The lowest BCUT2D eigenvalue weighted by Crippen LogP contribution is -1.98. The Morgan fingerprint density at radius 1 is 1.06 bits per heavy atom. The summed E-state index contributed by atoms with van der Waals surface area (Å²) in [4.78, 5) is 0. The molecule has 2 rings (SSSR count). The number of hydrogen-bond acceptors (Lipinski definition) is 2. The van der Waals surface area contributed by atoms with Gasteiger partial charge in [0.1, 0.15) is 0 Å². The van der Waals surface area contributed by atoms with Crippen molar-refractivity contribution in [2.45, 2.75) is 13.8 Å². The second kappa shape index (κ2) is 4.80. The minimum atomic E-state index is 0.765. The van der Waals surface area contributed by atoms with E-state index in [-0.39, 0.29) is 0 Å². The van der Waals surface area contributed by atoms with Crippen LogP contribution in [0.15, 0.2) is 40.9 Å². The molecule has 0 heterocycles. The van der Waals surface area contributed by atoms with E-state index in [1.165, 1.54) is 5.56 Å². The monoisotopic (exact) mass is 290 g/mol. The maximum Gasteiger partial charge on any atom is 0.0647 e. The average Bonchev–Trinajstić information content (AvgIpc) is 2.28. The molecule has 0 fully saturated rings. The number of para-hydroxylation sites is 1. The first kappa shape index (κ1) is 12.0. The molecular formula is C14H15BrN2. The van der Waals surface area contributed by atoms with E-state index in [4.69, 9.17) is 5.73 Å². The number of nitrogens with one attached hydrogen (secondary N) is 1. The molecule has 3 heteroatoms. The van der Waals surface area contributed by atoms with Crippen molar-refractivity contribution < 1.29 is 0 Å². The van der Waals surface area contributed by atoms with Gasteiger partial charge in [-0.25, -0.2) is 0 Å². The molecule has 0 saturated heterocycles. The predicted octanol–water partition coefficient (Wildman–Crippen LogP) is 4.39. The molecule has 0 unspecified atom stereocenters. The number of hydrogen-bond donors (Lipinski definition) is 2. The summed E-state index contributed by atoms with van der Waals surface area (Å²) in [6, 6.07) is 12.1. The fourth-order valence-electron chi connectivity index (χ4n) is 1.68. The van der Waals surface area contributed by atoms with Gasteiger partial charge in [0.05, 0.1) is 11.4 Å². The van der Waals surface area contributed by atoms with Gasteiger partial charge >= 0.3 is 0 Å². The highest BCUT2D eigenvalue weighted by Gasteiger charge is 2.04. The van der Waals surface area contributed by atoms with Crippen molar-refractivity contribution in [1.82, 2.24) is 0 Å². The lowest BCUT2D eigenvalue weighted by molar-refractivity contribution is 1.40. The van der Waals surface area contributed by atoms with Crippen LogP contribution in [0.2, 0.25) is 0 Å². The van der Waals surface area contributed by atoms with Gasteiger partial charge in [-0.15, -0.1) is 0 Å². The summed E-state index contributed by atoms with van der Waals surface area (Å²) in [5.74, 6) is 0. The Balaban J connectivity index is 2.35. The second-order valence-corrected chi connectivity index (χ2v) is 4.98. The molecule has 0 aliphatic carbocycles. The van der Waals surface area contributed by atoms with Crippen molar-refractivity contribution in [3.63, 3.8) is 0 Å². The Kier molecular flexibility index (Phi) is 3.38. The number of benzene rings is 2. The van der Waals surface area contributed by atoms with Crippen LogP contribution in [-0.4, -0.2) is 0 Å². The van der Waals surface area contributed by atoms with Crippen molar-refractivity contribution in [3.05, 3.63) is 52.0 Å². The van der Waals surface area contributed by atoms with Crippen LogP contribution < -0.4 is 11.1 Å². The van der Waals surface area contributed by atoms with Crippen molar-refractivity contribution in [3.8, 4) is 0 Å². The molecule has 0 aromatic heterocycles. The van der Waals surface area contributed by atoms with Gasteiger partial charge < -0.3 is 11.1 Å². The van der Waals surface area contributed by atoms with Crippen LogP contribution in [0.3, 0.4) is 0 Å². The SMILES string of the molecule is Cc1ccc(Nc2c(C)cccc2N)cc1Br. The highest BCUT2D eigenvalue weighted by molar-refractivity contribution is 9.10. The first-order valence-electron chi connectivity index (χ1n) is 5.46. The number of anilines is 3. The number of halogens is 1. The number of aryl methyl sites for hydroxylation is 2. The zero-order valence-electron chi connectivity index (χ0n) is 9.92. The minimum Gasteiger partial charge on any atom is -0.397 e. The summed E-state index contributed by atoms with van der Waals surface area (Å²) in [7, 11) is 0. The molecule has 17 heavy (non-hydrogen) atoms. The third kappa shape index (κ3) is 2.61. The van der Waals surface area contributed by atoms with E-state index >= 15 is 0 Å².